The lowest BCUT2D eigenvalue weighted by Crippen LogP contribution is -2.16. The predicted octanol–water partition coefficient (Wildman–Crippen LogP) is 5.06. The molecule has 1 amide bonds. The van der Waals surface area contributed by atoms with Gasteiger partial charge in [-0.25, -0.2) is 4.98 Å². The molecular formula is C22H19BrN4O2. The molecule has 0 bridgehead atoms. The number of methoxy groups -OCH3 is 1. The van der Waals surface area contributed by atoms with E-state index in [2.05, 4.69) is 26.3 Å². The molecule has 7 heteroatoms. The summed E-state index contributed by atoms with van der Waals surface area (Å²) in [7, 11) is 1.62. The van der Waals surface area contributed by atoms with Crippen LogP contribution in [-0.2, 0) is 0 Å². The van der Waals surface area contributed by atoms with Crippen LogP contribution in [0.15, 0.2) is 59.1 Å². The normalized spacial score (nSPS) is 10.9. The van der Waals surface area contributed by atoms with Crippen LogP contribution >= 0.6 is 15.9 Å². The van der Waals surface area contributed by atoms with Gasteiger partial charge in [-0.1, -0.05) is 24.3 Å². The number of para-hydroxylation sites is 1. The summed E-state index contributed by atoms with van der Waals surface area (Å²) in [6, 6.07) is 16.9. The van der Waals surface area contributed by atoms with Crippen molar-refractivity contribution >= 4 is 38.6 Å². The number of pyridine rings is 1. The molecule has 4 aromatic rings. The first-order valence-corrected chi connectivity index (χ1v) is 9.84. The molecule has 1 N–H and O–H groups in total. The maximum atomic E-state index is 12.8. The van der Waals surface area contributed by atoms with E-state index in [0.717, 1.165) is 26.6 Å². The summed E-state index contributed by atoms with van der Waals surface area (Å²) in [5, 5.41) is 8.49. The Morgan fingerprint density at radius 3 is 2.66 bits per heavy atom. The minimum Gasteiger partial charge on any atom is -0.494 e. The van der Waals surface area contributed by atoms with Crippen LogP contribution in [0.5, 0.6) is 5.75 Å². The van der Waals surface area contributed by atoms with E-state index in [0.29, 0.717) is 22.9 Å². The number of hydrogen-bond donors (Lipinski definition) is 1. The number of hydrogen-bond acceptors (Lipinski definition) is 4. The fraction of sp³-hybridized carbons (Fsp3) is 0.136. The van der Waals surface area contributed by atoms with Crippen molar-refractivity contribution in [2.24, 2.45) is 0 Å². The van der Waals surface area contributed by atoms with Crippen molar-refractivity contribution in [2.75, 3.05) is 12.4 Å². The van der Waals surface area contributed by atoms with Crippen LogP contribution in [0.25, 0.3) is 16.7 Å². The number of nitrogens with zero attached hydrogens (tertiary/aromatic N) is 3. The van der Waals surface area contributed by atoms with Crippen molar-refractivity contribution in [3.05, 3.63) is 75.9 Å². The molecule has 6 nitrogen and oxygen atoms in total. The minimum atomic E-state index is -0.228. The van der Waals surface area contributed by atoms with Gasteiger partial charge in [-0.3, -0.25) is 4.79 Å². The molecule has 2 heterocycles. The third-order valence-electron chi connectivity index (χ3n) is 4.62. The number of amides is 1. The van der Waals surface area contributed by atoms with Crippen LogP contribution in [0.2, 0.25) is 0 Å². The zero-order chi connectivity index (χ0) is 20.5. The highest BCUT2D eigenvalue weighted by molar-refractivity contribution is 9.10. The monoisotopic (exact) mass is 450 g/mol. The third kappa shape index (κ3) is 3.61. The molecule has 0 fully saturated rings. The summed E-state index contributed by atoms with van der Waals surface area (Å²) in [4.78, 5) is 17.5. The van der Waals surface area contributed by atoms with Crippen LogP contribution in [0.4, 0.5) is 5.82 Å². The van der Waals surface area contributed by atoms with E-state index in [1.807, 2.05) is 62.4 Å². The van der Waals surface area contributed by atoms with E-state index in [9.17, 15) is 4.79 Å². The summed E-state index contributed by atoms with van der Waals surface area (Å²) >= 11 is 3.42. The van der Waals surface area contributed by atoms with Gasteiger partial charge in [0.2, 0.25) is 0 Å². The van der Waals surface area contributed by atoms with Crippen molar-refractivity contribution in [1.82, 2.24) is 14.8 Å². The number of benzene rings is 2. The second kappa shape index (κ2) is 7.67. The third-order valence-corrected chi connectivity index (χ3v) is 5.32. The number of aryl methyl sites for hydroxylation is 2. The number of anilines is 1. The summed E-state index contributed by atoms with van der Waals surface area (Å²) in [6.45, 7) is 3.89. The zero-order valence-corrected chi connectivity index (χ0v) is 17.8. The van der Waals surface area contributed by atoms with Crippen molar-refractivity contribution in [3.8, 4) is 11.6 Å². The van der Waals surface area contributed by atoms with Crippen molar-refractivity contribution < 1.29 is 9.53 Å². The molecule has 0 aliphatic heterocycles. The molecule has 29 heavy (non-hydrogen) atoms. The number of aromatic nitrogens is 3. The van der Waals surface area contributed by atoms with Gasteiger partial charge in [-0.2, -0.15) is 9.78 Å². The van der Waals surface area contributed by atoms with Gasteiger partial charge in [-0.15, -0.1) is 0 Å². The summed E-state index contributed by atoms with van der Waals surface area (Å²) in [6.07, 6.45) is 0. The van der Waals surface area contributed by atoms with Gasteiger partial charge < -0.3 is 10.1 Å². The molecule has 0 aliphatic carbocycles. The van der Waals surface area contributed by atoms with Gasteiger partial charge in [0.15, 0.2) is 5.82 Å². The van der Waals surface area contributed by atoms with Crippen LogP contribution in [-0.4, -0.2) is 27.8 Å². The van der Waals surface area contributed by atoms with Gasteiger partial charge in [0.1, 0.15) is 17.1 Å². The lowest BCUT2D eigenvalue weighted by Gasteiger charge is -2.12. The highest BCUT2D eigenvalue weighted by atomic mass is 79.9. The molecule has 0 atom stereocenters. The van der Waals surface area contributed by atoms with Crippen LogP contribution < -0.4 is 10.1 Å². The number of rotatable bonds is 4. The number of nitrogens with one attached hydrogen (secondary N) is 1. The van der Waals surface area contributed by atoms with E-state index in [1.165, 1.54) is 0 Å². The van der Waals surface area contributed by atoms with Gasteiger partial charge in [0.25, 0.3) is 5.91 Å². The molecular weight excluding hydrogens is 432 g/mol. The van der Waals surface area contributed by atoms with Gasteiger partial charge in [-0.05, 0) is 59.6 Å². The smallest absolute Gasteiger partial charge is 0.257 e. The average molecular weight is 451 g/mol. The Morgan fingerprint density at radius 1 is 1.10 bits per heavy atom. The number of carbonyl (C=O) groups is 1. The Balaban J connectivity index is 1.79. The van der Waals surface area contributed by atoms with E-state index >= 15 is 0 Å². The second-order valence-electron chi connectivity index (χ2n) is 6.67. The molecule has 0 saturated carbocycles. The van der Waals surface area contributed by atoms with Gasteiger partial charge in [0.05, 0.1) is 18.4 Å². The minimum absolute atomic E-state index is 0.228. The number of carbonyl (C=O) groups excluding carboxylic acids is 1. The Morgan fingerprint density at radius 2 is 1.90 bits per heavy atom. The fourth-order valence-electron chi connectivity index (χ4n) is 3.24. The molecule has 0 unspecified atom stereocenters. The Labute approximate surface area is 176 Å². The predicted molar refractivity (Wildman–Crippen MR) is 117 cm³/mol. The zero-order valence-electron chi connectivity index (χ0n) is 16.2. The summed E-state index contributed by atoms with van der Waals surface area (Å²) in [5.41, 5.74) is 3.11. The molecule has 2 aromatic carbocycles. The highest BCUT2D eigenvalue weighted by Crippen LogP contribution is 2.29. The second-order valence-corrected chi connectivity index (χ2v) is 7.52. The largest absolute Gasteiger partial charge is 0.494 e. The van der Waals surface area contributed by atoms with E-state index in [1.54, 1.807) is 17.9 Å². The van der Waals surface area contributed by atoms with Crippen LogP contribution in [0.3, 0.4) is 0 Å². The average Bonchev–Trinajstić information content (AvgIpc) is 3.07. The van der Waals surface area contributed by atoms with E-state index < -0.39 is 0 Å². The maximum absolute atomic E-state index is 12.8. The fourth-order valence-corrected chi connectivity index (χ4v) is 3.70. The molecule has 4 rings (SSSR count). The quantitative estimate of drug-likeness (QED) is 0.471. The van der Waals surface area contributed by atoms with E-state index in [4.69, 9.17) is 9.72 Å². The topological polar surface area (TPSA) is 69.0 Å². The SMILES string of the molecule is COc1cccc2c(C)cc(-n3nc(C)cc3NC(=O)c3ccccc3Br)nc12. The molecule has 0 aliphatic rings. The van der Waals surface area contributed by atoms with Crippen molar-refractivity contribution in [1.29, 1.82) is 0 Å². The number of ether oxygens (including phenoxy) is 1. The van der Waals surface area contributed by atoms with E-state index in [-0.39, 0.29) is 5.91 Å². The van der Waals surface area contributed by atoms with Crippen molar-refractivity contribution in [2.45, 2.75) is 13.8 Å². The lowest BCUT2D eigenvalue weighted by atomic mass is 10.1. The summed E-state index contributed by atoms with van der Waals surface area (Å²) < 4.78 is 7.85. The van der Waals surface area contributed by atoms with Crippen molar-refractivity contribution in [3.63, 3.8) is 0 Å². The first-order chi connectivity index (χ1) is 14.0. The Kier molecular flexibility index (Phi) is 5.07. The Bertz CT molecular complexity index is 1230. The number of fused-ring (bicyclic) bond motifs is 1. The lowest BCUT2D eigenvalue weighted by molar-refractivity contribution is 0.102. The van der Waals surface area contributed by atoms with Gasteiger partial charge in [0, 0.05) is 15.9 Å². The van der Waals surface area contributed by atoms with Gasteiger partial charge >= 0.3 is 0 Å². The van der Waals surface area contributed by atoms with Crippen LogP contribution in [0.1, 0.15) is 21.6 Å². The Hall–Kier alpha value is -3.19. The molecule has 2 aromatic heterocycles. The molecule has 0 spiro atoms. The summed E-state index contributed by atoms with van der Waals surface area (Å²) in [5.74, 6) is 1.61. The highest BCUT2D eigenvalue weighted by Gasteiger charge is 2.16. The molecule has 0 radical (unpaired) electrons. The standard InChI is InChI=1S/C22H19BrN4O2/c1-13-11-19(24-21-15(13)8-6-10-18(21)29-3)27-20(12-14(2)26-27)25-22(28)16-7-4-5-9-17(16)23/h4-12H,1-3H3,(H,25,28). The van der Waals surface area contributed by atoms with Crippen LogP contribution in [0, 0.1) is 13.8 Å². The first-order valence-electron chi connectivity index (χ1n) is 9.05. The molecule has 0 saturated heterocycles. The number of halogens is 1. The molecule has 146 valence electrons. The first kappa shape index (κ1) is 19.1. The maximum Gasteiger partial charge on any atom is 0.257 e.